The number of alkyl halides is 1. The Morgan fingerprint density at radius 3 is 2.71 bits per heavy atom. The van der Waals surface area contributed by atoms with E-state index in [2.05, 4.69) is 12.2 Å². The van der Waals surface area contributed by atoms with Crippen LogP contribution in [0.25, 0.3) is 0 Å². The first-order valence-electron chi connectivity index (χ1n) is 10.3. The SMILES string of the molecule is CCCCn1c2c(cc(C(=O)NC(CCl)c3ccccc3)c1=O)[C@@H]1CC[C@H]2C1. The molecule has 1 N–H and O–H groups in total. The van der Waals surface area contributed by atoms with Crippen molar-refractivity contribution < 1.29 is 4.79 Å². The Hall–Kier alpha value is -2.07. The summed E-state index contributed by atoms with van der Waals surface area (Å²) in [5.41, 5.74) is 3.46. The fourth-order valence-corrected chi connectivity index (χ4v) is 5.09. The summed E-state index contributed by atoms with van der Waals surface area (Å²) in [6.07, 6.45) is 5.42. The van der Waals surface area contributed by atoms with Gasteiger partial charge in [0.1, 0.15) is 5.56 Å². The summed E-state index contributed by atoms with van der Waals surface area (Å²) in [5.74, 6) is 0.921. The van der Waals surface area contributed by atoms with Crippen molar-refractivity contribution in [2.75, 3.05) is 5.88 Å². The number of fused-ring (bicyclic) bond motifs is 5. The van der Waals surface area contributed by atoms with Crippen molar-refractivity contribution >= 4 is 17.5 Å². The van der Waals surface area contributed by atoms with Crippen molar-refractivity contribution in [2.24, 2.45) is 0 Å². The number of halogens is 1. The maximum Gasteiger partial charge on any atom is 0.263 e. The second-order valence-corrected chi connectivity index (χ2v) is 8.32. The lowest BCUT2D eigenvalue weighted by Crippen LogP contribution is -2.37. The second kappa shape index (κ2) is 8.12. The Balaban J connectivity index is 1.68. The van der Waals surface area contributed by atoms with Gasteiger partial charge in [0.25, 0.3) is 11.5 Å². The smallest absolute Gasteiger partial charge is 0.263 e. The average molecular weight is 399 g/mol. The molecule has 1 aromatic heterocycles. The number of carbonyl (C=O) groups is 1. The number of amides is 1. The molecule has 0 saturated heterocycles. The first-order valence-corrected chi connectivity index (χ1v) is 10.9. The molecule has 1 heterocycles. The molecular weight excluding hydrogens is 372 g/mol. The Kier molecular flexibility index (Phi) is 5.58. The van der Waals surface area contributed by atoms with Crippen LogP contribution in [0.2, 0.25) is 0 Å². The van der Waals surface area contributed by atoms with Crippen LogP contribution >= 0.6 is 11.6 Å². The number of nitrogens with zero attached hydrogens (tertiary/aromatic N) is 1. The van der Waals surface area contributed by atoms with Crippen LogP contribution in [0.1, 0.15) is 84.1 Å². The molecule has 3 atom stereocenters. The van der Waals surface area contributed by atoms with Gasteiger partial charge in [-0.05, 0) is 48.8 Å². The monoisotopic (exact) mass is 398 g/mol. The lowest BCUT2D eigenvalue weighted by atomic mass is 9.94. The van der Waals surface area contributed by atoms with Gasteiger partial charge in [0, 0.05) is 24.0 Å². The molecule has 1 aromatic carbocycles. The number of benzene rings is 1. The first kappa shape index (κ1) is 19.3. The Labute approximate surface area is 170 Å². The second-order valence-electron chi connectivity index (χ2n) is 8.01. The van der Waals surface area contributed by atoms with Crippen molar-refractivity contribution in [3.63, 3.8) is 0 Å². The molecule has 0 radical (unpaired) electrons. The molecule has 0 spiro atoms. The zero-order valence-electron chi connectivity index (χ0n) is 16.3. The van der Waals surface area contributed by atoms with E-state index in [1.807, 2.05) is 41.0 Å². The van der Waals surface area contributed by atoms with E-state index in [0.29, 0.717) is 18.4 Å². The summed E-state index contributed by atoms with van der Waals surface area (Å²) in [5, 5.41) is 2.97. The summed E-state index contributed by atoms with van der Waals surface area (Å²) < 4.78 is 1.90. The molecule has 2 bridgehead atoms. The van der Waals surface area contributed by atoms with E-state index in [4.69, 9.17) is 11.6 Å². The molecule has 0 aliphatic heterocycles. The van der Waals surface area contributed by atoms with Crippen molar-refractivity contribution in [1.29, 1.82) is 0 Å². The van der Waals surface area contributed by atoms with Gasteiger partial charge in [-0.25, -0.2) is 0 Å². The van der Waals surface area contributed by atoms with Crippen molar-refractivity contribution in [3.8, 4) is 0 Å². The average Bonchev–Trinajstić information content (AvgIpc) is 3.33. The minimum absolute atomic E-state index is 0.154. The van der Waals surface area contributed by atoms with Gasteiger partial charge in [-0.2, -0.15) is 0 Å². The molecule has 1 amide bonds. The Bertz CT molecular complexity index is 922. The lowest BCUT2D eigenvalue weighted by molar-refractivity contribution is 0.0938. The van der Waals surface area contributed by atoms with E-state index in [1.165, 1.54) is 17.7 Å². The number of aromatic nitrogens is 1. The van der Waals surface area contributed by atoms with Crippen LogP contribution in [0.5, 0.6) is 0 Å². The number of unbranched alkanes of at least 4 members (excludes halogenated alkanes) is 1. The maximum atomic E-state index is 13.2. The zero-order chi connectivity index (χ0) is 19.7. The summed E-state index contributed by atoms with van der Waals surface area (Å²) in [6, 6.07) is 11.2. The van der Waals surface area contributed by atoms with E-state index in [9.17, 15) is 9.59 Å². The summed E-state index contributed by atoms with van der Waals surface area (Å²) in [4.78, 5) is 26.3. The van der Waals surface area contributed by atoms with Crippen molar-refractivity contribution in [1.82, 2.24) is 9.88 Å². The number of rotatable bonds is 7. The Morgan fingerprint density at radius 1 is 1.25 bits per heavy atom. The molecule has 2 aromatic rings. The fraction of sp³-hybridized carbons (Fsp3) is 0.478. The summed E-state index contributed by atoms with van der Waals surface area (Å²) in [6.45, 7) is 2.82. The largest absolute Gasteiger partial charge is 0.344 e. The third kappa shape index (κ3) is 3.39. The third-order valence-electron chi connectivity index (χ3n) is 6.26. The normalized spacial score (nSPS) is 20.8. The summed E-state index contributed by atoms with van der Waals surface area (Å²) in [7, 11) is 0. The molecule has 4 rings (SSSR count). The molecule has 4 nitrogen and oxygen atoms in total. The minimum Gasteiger partial charge on any atom is -0.344 e. The van der Waals surface area contributed by atoms with Crippen LogP contribution < -0.4 is 10.9 Å². The van der Waals surface area contributed by atoms with Gasteiger partial charge in [-0.1, -0.05) is 43.7 Å². The van der Waals surface area contributed by atoms with Crippen LogP contribution in [0, 0.1) is 0 Å². The van der Waals surface area contributed by atoms with E-state index in [-0.39, 0.29) is 29.0 Å². The first-order chi connectivity index (χ1) is 13.6. The van der Waals surface area contributed by atoms with Gasteiger partial charge >= 0.3 is 0 Å². The van der Waals surface area contributed by atoms with Gasteiger partial charge in [0.15, 0.2) is 0 Å². The van der Waals surface area contributed by atoms with Crippen molar-refractivity contribution in [3.05, 3.63) is 69.1 Å². The lowest BCUT2D eigenvalue weighted by Gasteiger charge is -2.23. The number of hydrogen-bond acceptors (Lipinski definition) is 2. The molecule has 2 aliphatic rings. The van der Waals surface area contributed by atoms with E-state index in [1.54, 1.807) is 0 Å². The zero-order valence-corrected chi connectivity index (χ0v) is 17.0. The third-order valence-corrected chi connectivity index (χ3v) is 6.57. The van der Waals surface area contributed by atoms with E-state index < -0.39 is 0 Å². The van der Waals surface area contributed by atoms with Crippen LogP contribution in [0.3, 0.4) is 0 Å². The van der Waals surface area contributed by atoms with E-state index >= 15 is 0 Å². The molecule has 2 aliphatic carbocycles. The topological polar surface area (TPSA) is 51.1 Å². The predicted octanol–water partition coefficient (Wildman–Crippen LogP) is 4.72. The molecule has 1 unspecified atom stereocenters. The molecule has 1 fully saturated rings. The standard InChI is InChI=1S/C23H27ClN2O2/c1-2-3-11-26-21-17-10-9-16(12-17)18(21)13-19(23(26)28)22(27)25-20(14-24)15-7-5-4-6-8-15/h4-8,13,16-17,20H,2-3,9-12,14H2,1H3,(H,25,27)/t16-,17+,20?/m1/s1. The maximum absolute atomic E-state index is 13.2. The van der Waals surface area contributed by atoms with Gasteiger partial charge in [0.05, 0.1) is 6.04 Å². The number of carbonyl (C=O) groups excluding carboxylic acids is 1. The van der Waals surface area contributed by atoms with Crippen molar-refractivity contribution in [2.45, 2.75) is 63.5 Å². The van der Waals surface area contributed by atoms with Gasteiger partial charge in [0.2, 0.25) is 0 Å². The highest BCUT2D eigenvalue weighted by atomic mass is 35.5. The van der Waals surface area contributed by atoms with Crippen LogP contribution in [0.4, 0.5) is 0 Å². The summed E-state index contributed by atoms with van der Waals surface area (Å²) >= 11 is 6.12. The quantitative estimate of drug-likeness (QED) is 0.686. The molecular formula is C23H27ClN2O2. The van der Waals surface area contributed by atoms with Gasteiger partial charge < -0.3 is 9.88 Å². The number of hydrogen-bond donors (Lipinski definition) is 1. The number of nitrogens with one attached hydrogen (secondary N) is 1. The van der Waals surface area contributed by atoms with Crippen LogP contribution in [-0.4, -0.2) is 16.4 Å². The Morgan fingerprint density at radius 2 is 2.00 bits per heavy atom. The highest BCUT2D eigenvalue weighted by Crippen LogP contribution is 2.52. The number of pyridine rings is 1. The molecule has 1 saturated carbocycles. The highest BCUT2D eigenvalue weighted by Gasteiger charge is 2.40. The van der Waals surface area contributed by atoms with Gasteiger partial charge in [-0.3, -0.25) is 9.59 Å². The van der Waals surface area contributed by atoms with Gasteiger partial charge in [-0.15, -0.1) is 11.6 Å². The molecule has 5 heteroatoms. The predicted molar refractivity (Wildman–Crippen MR) is 112 cm³/mol. The van der Waals surface area contributed by atoms with Crippen LogP contribution in [-0.2, 0) is 6.54 Å². The highest BCUT2D eigenvalue weighted by molar-refractivity contribution is 6.18. The van der Waals surface area contributed by atoms with Crippen LogP contribution in [0.15, 0.2) is 41.2 Å². The molecule has 148 valence electrons. The van der Waals surface area contributed by atoms with E-state index in [0.717, 1.165) is 31.2 Å². The minimum atomic E-state index is -0.324. The molecule has 28 heavy (non-hydrogen) atoms. The fourth-order valence-electron chi connectivity index (χ4n) is 4.83.